The molecule has 0 N–H and O–H groups in total. The van der Waals surface area contributed by atoms with Gasteiger partial charge in [-0.15, -0.1) is 0 Å². The molecule has 8 heteroatoms. The number of anilines is 1. The molecule has 2 aliphatic rings. The Kier molecular flexibility index (Phi) is 5.90. The van der Waals surface area contributed by atoms with Crippen molar-refractivity contribution in [3.8, 4) is 0 Å². The lowest BCUT2D eigenvalue weighted by Gasteiger charge is -2.34. The summed E-state index contributed by atoms with van der Waals surface area (Å²) in [6, 6.07) is 0. The van der Waals surface area contributed by atoms with Gasteiger partial charge in [0.1, 0.15) is 0 Å². The Balaban J connectivity index is 1.55. The van der Waals surface area contributed by atoms with Crippen molar-refractivity contribution in [2.75, 3.05) is 50.8 Å². The lowest BCUT2D eigenvalue weighted by atomic mass is 9.99. The Morgan fingerprint density at radius 1 is 1.04 bits per heavy atom. The SMILES string of the molecule is CCOC(=O)N1CCN(c2ncc(C(=O)N3CCC(C)CC3)cn2)CC1. The maximum Gasteiger partial charge on any atom is 0.409 e. The molecular weight excluding hydrogens is 334 g/mol. The fraction of sp³-hybridized carbons (Fsp3) is 0.667. The van der Waals surface area contributed by atoms with Gasteiger partial charge in [0.05, 0.1) is 12.2 Å². The molecule has 3 rings (SSSR count). The summed E-state index contributed by atoms with van der Waals surface area (Å²) in [5.74, 6) is 1.29. The van der Waals surface area contributed by atoms with Gasteiger partial charge in [0, 0.05) is 51.7 Å². The second kappa shape index (κ2) is 8.33. The number of ether oxygens (including phenoxy) is 1. The summed E-state index contributed by atoms with van der Waals surface area (Å²) in [6.07, 6.45) is 5.05. The quantitative estimate of drug-likeness (QED) is 0.814. The number of hydrogen-bond acceptors (Lipinski definition) is 6. The molecule has 3 heterocycles. The second-order valence-corrected chi connectivity index (χ2v) is 6.92. The van der Waals surface area contributed by atoms with Crippen molar-refractivity contribution in [1.82, 2.24) is 19.8 Å². The first kappa shape index (κ1) is 18.4. The van der Waals surface area contributed by atoms with Gasteiger partial charge in [-0.3, -0.25) is 4.79 Å². The molecule has 0 atom stereocenters. The molecule has 2 saturated heterocycles. The number of carbonyl (C=O) groups is 2. The van der Waals surface area contributed by atoms with Crippen LogP contribution < -0.4 is 4.90 Å². The minimum Gasteiger partial charge on any atom is -0.450 e. The number of nitrogens with zero attached hydrogens (tertiary/aromatic N) is 5. The highest BCUT2D eigenvalue weighted by atomic mass is 16.6. The summed E-state index contributed by atoms with van der Waals surface area (Å²) in [5.41, 5.74) is 0.536. The number of aromatic nitrogens is 2. The maximum absolute atomic E-state index is 12.5. The van der Waals surface area contributed by atoms with E-state index in [0.717, 1.165) is 25.9 Å². The van der Waals surface area contributed by atoms with Gasteiger partial charge < -0.3 is 19.4 Å². The van der Waals surface area contributed by atoms with Gasteiger partial charge in [0.15, 0.2) is 0 Å². The van der Waals surface area contributed by atoms with E-state index < -0.39 is 0 Å². The lowest BCUT2D eigenvalue weighted by molar-refractivity contribution is 0.0696. The number of rotatable bonds is 3. The molecule has 8 nitrogen and oxygen atoms in total. The summed E-state index contributed by atoms with van der Waals surface area (Å²) in [4.78, 5) is 38.6. The highest BCUT2D eigenvalue weighted by Crippen LogP contribution is 2.18. The van der Waals surface area contributed by atoms with E-state index in [1.807, 2.05) is 9.80 Å². The molecular formula is C18H27N5O3. The number of hydrogen-bond donors (Lipinski definition) is 0. The summed E-state index contributed by atoms with van der Waals surface area (Å²) in [7, 11) is 0. The minimum atomic E-state index is -0.273. The number of piperidine rings is 1. The molecule has 2 fully saturated rings. The second-order valence-electron chi connectivity index (χ2n) is 6.92. The first-order valence-electron chi connectivity index (χ1n) is 9.36. The molecule has 26 heavy (non-hydrogen) atoms. The van der Waals surface area contributed by atoms with Crippen LogP contribution in [0.15, 0.2) is 12.4 Å². The number of amides is 2. The van der Waals surface area contributed by atoms with E-state index in [1.54, 1.807) is 24.2 Å². The number of likely N-dealkylation sites (tertiary alicyclic amines) is 1. The van der Waals surface area contributed by atoms with Crippen LogP contribution in [-0.2, 0) is 4.74 Å². The van der Waals surface area contributed by atoms with E-state index in [0.29, 0.717) is 50.2 Å². The average Bonchev–Trinajstić information content (AvgIpc) is 2.68. The van der Waals surface area contributed by atoms with Gasteiger partial charge in [0.2, 0.25) is 5.95 Å². The Labute approximate surface area is 154 Å². The van der Waals surface area contributed by atoms with Gasteiger partial charge in [0.25, 0.3) is 5.91 Å². The van der Waals surface area contributed by atoms with Gasteiger partial charge in [-0.25, -0.2) is 14.8 Å². The molecule has 142 valence electrons. The van der Waals surface area contributed by atoms with Crippen LogP contribution >= 0.6 is 0 Å². The molecule has 0 bridgehead atoms. The van der Waals surface area contributed by atoms with Crippen LogP contribution in [0.4, 0.5) is 10.7 Å². The smallest absolute Gasteiger partial charge is 0.409 e. The van der Waals surface area contributed by atoms with E-state index in [4.69, 9.17) is 4.74 Å². The van der Waals surface area contributed by atoms with Gasteiger partial charge in [-0.1, -0.05) is 6.92 Å². The van der Waals surface area contributed by atoms with E-state index in [-0.39, 0.29) is 12.0 Å². The van der Waals surface area contributed by atoms with Crippen LogP contribution in [-0.4, -0.2) is 77.6 Å². The highest BCUT2D eigenvalue weighted by Gasteiger charge is 2.25. The van der Waals surface area contributed by atoms with E-state index in [2.05, 4.69) is 16.9 Å². The Morgan fingerprint density at radius 2 is 1.65 bits per heavy atom. The van der Waals surface area contributed by atoms with Crippen LogP contribution in [0.3, 0.4) is 0 Å². The predicted octanol–water partition coefficient (Wildman–Crippen LogP) is 1.63. The molecule has 0 spiro atoms. The van der Waals surface area contributed by atoms with Crippen molar-refractivity contribution in [2.45, 2.75) is 26.7 Å². The van der Waals surface area contributed by atoms with Crippen LogP contribution in [0.5, 0.6) is 0 Å². The van der Waals surface area contributed by atoms with E-state index in [9.17, 15) is 9.59 Å². The average molecular weight is 361 g/mol. The Morgan fingerprint density at radius 3 is 2.23 bits per heavy atom. The van der Waals surface area contributed by atoms with E-state index >= 15 is 0 Å². The molecule has 0 aliphatic carbocycles. The summed E-state index contributed by atoms with van der Waals surface area (Å²) >= 11 is 0. The third-order valence-electron chi connectivity index (χ3n) is 5.04. The van der Waals surface area contributed by atoms with Crippen molar-refractivity contribution in [1.29, 1.82) is 0 Å². The first-order valence-corrected chi connectivity index (χ1v) is 9.36. The van der Waals surface area contributed by atoms with Gasteiger partial charge in [-0.05, 0) is 25.7 Å². The zero-order chi connectivity index (χ0) is 18.5. The van der Waals surface area contributed by atoms with Crippen LogP contribution in [0, 0.1) is 5.92 Å². The number of piperazine rings is 1. The van der Waals surface area contributed by atoms with Crippen molar-refractivity contribution < 1.29 is 14.3 Å². The Bertz CT molecular complexity index is 620. The molecule has 1 aromatic rings. The molecule has 0 aromatic carbocycles. The maximum atomic E-state index is 12.5. The minimum absolute atomic E-state index is 0.00980. The van der Waals surface area contributed by atoms with E-state index in [1.165, 1.54) is 0 Å². The topological polar surface area (TPSA) is 78.9 Å². The highest BCUT2D eigenvalue weighted by molar-refractivity contribution is 5.93. The molecule has 2 amide bonds. The zero-order valence-corrected chi connectivity index (χ0v) is 15.6. The summed E-state index contributed by atoms with van der Waals surface area (Å²) in [5, 5.41) is 0. The van der Waals surface area contributed by atoms with Gasteiger partial charge in [-0.2, -0.15) is 0 Å². The van der Waals surface area contributed by atoms with Crippen molar-refractivity contribution >= 4 is 17.9 Å². The zero-order valence-electron chi connectivity index (χ0n) is 15.6. The fourth-order valence-electron chi connectivity index (χ4n) is 3.29. The van der Waals surface area contributed by atoms with Crippen molar-refractivity contribution in [3.05, 3.63) is 18.0 Å². The standard InChI is InChI=1S/C18H27N5O3/c1-3-26-18(25)23-10-8-22(9-11-23)17-19-12-15(13-20-17)16(24)21-6-4-14(2)5-7-21/h12-14H,3-11H2,1-2H3. The predicted molar refractivity (Wildman–Crippen MR) is 97.1 cm³/mol. The molecule has 0 unspecified atom stereocenters. The lowest BCUT2D eigenvalue weighted by Crippen LogP contribution is -2.49. The van der Waals surface area contributed by atoms with Crippen LogP contribution in [0.25, 0.3) is 0 Å². The summed E-state index contributed by atoms with van der Waals surface area (Å²) < 4.78 is 5.02. The molecule has 0 saturated carbocycles. The normalized spacial score (nSPS) is 18.8. The monoisotopic (exact) mass is 361 g/mol. The Hall–Kier alpha value is -2.38. The largest absolute Gasteiger partial charge is 0.450 e. The van der Waals surface area contributed by atoms with Crippen LogP contribution in [0.2, 0.25) is 0 Å². The fourth-order valence-corrected chi connectivity index (χ4v) is 3.29. The summed E-state index contributed by atoms with van der Waals surface area (Å²) in [6.45, 7) is 8.47. The third-order valence-corrected chi connectivity index (χ3v) is 5.04. The number of carbonyl (C=O) groups excluding carboxylic acids is 2. The molecule has 0 radical (unpaired) electrons. The van der Waals surface area contributed by atoms with Crippen molar-refractivity contribution in [3.63, 3.8) is 0 Å². The third kappa shape index (κ3) is 4.23. The molecule has 1 aromatic heterocycles. The van der Waals surface area contributed by atoms with Crippen LogP contribution in [0.1, 0.15) is 37.0 Å². The first-order chi connectivity index (χ1) is 12.6. The molecule has 2 aliphatic heterocycles. The van der Waals surface area contributed by atoms with Crippen molar-refractivity contribution in [2.24, 2.45) is 5.92 Å². The van der Waals surface area contributed by atoms with Gasteiger partial charge >= 0.3 is 6.09 Å².